The first-order chi connectivity index (χ1) is 8.09. The first-order valence-electron chi connectivity index (χ1n) is 4.80. The Morgan fingerprint density at radius 1 is 1.33 bits per heavy atom. The Morgan fingerprint density at radius 2 is 1.89 bits per heavy atom. The molecule has 0 radical (unpaired) electrons. The minimum Gasteiger partial charge on any atom is -0.380 e. The third-order valence-electron chi connectivity index (χ3n) is 2.36. The summed E-state index contributed by atoms with van der Waals surface area (Å²) in [6.07, 6.45) is -4.67. The van der Waals surface area contributed by atoms with E-state index >= 15 is 0 Å². The van der Waals surface area contributed by atoms with Crippen molar-refractivity contribution >= 4 is 10.0 Å². The Balaban J connectivity index is 3.69. The highest BCUT2D eigenvalue weighted by Crippen LogP contribution is 2.37. The van der Waals surface area contributed by atoms with Crippen LogP contribution in [0.4, 0.5) is 13.2 Å². The lowest BCUT2D eigenvalue weighted by molar-refractivity contribution is -0.139. The molecule has 0 fully saturated rings. The van der Waals surface area contributed by atoms with Gasteiger partial charge in [-0.1, -0.05) is 6.07 Å². The third-order valence-corrected chi connectivity index (χ3v) is 3.35. The van der Waals surface area contributed by atoms with Crippen LogP contribution in [0.15, 0.2) is 17.0 Å². The van der Waals surface area contributed by atoms with Gasteiger partial charge in [0.05, 0.1) is 17.1 Å². The van der Waals surface area contributed by atoms with Crippen molar-refractivity contribution in [1.29, 1.82) is 0 Å². The molecule has 8 heteroatoms. The van der Waals surface area contributed by atoms with Gasteiger partial charge in [-0.05, 0) is 18.6 Å². The van der Waals surface area contributed by atoms with E-state index in [9.17, 15) is 21.6 Å². The van der Waals surface area contributed by atoms with E-state index in [1.807, 2.05) is 0 Å². The summed E-state index contributed by atoms with van der Waals surface area (Å²) in [6.45, 7) is 0.761. The Bertz CT molecular complexity index is 552. The van der Waals surface area contributed by atoms with Crippen molar-refractivity contribution in [2.75, 3.05) is 7.11 Å². The van der Waals surface area contributed by atoms with Gasteiger partial charge < -0.3 is 4.74 Å². The van der Waals surface area contributed by atoms with Crippen LogP contribution >= 0.6 is 0 Å². The van der Waals surface area contributed by atoms with Crippen LogP contribution in [0.25, 0.3) is 0 Å². The molecule has 0 spiro atoms. The molecule has 0 amide bonds. The second-order valence-electron chi connectivity index (χ2n) is 3.71. The van der Waals surface area contributed by atoms with E-state index in [0.29, 0.717) is 0 Å². The van der Waals surface area contributed by atoms with Gasteiger partial charge >= 0.3 is 6.18 Å². The Labute approximate surface area is 103 Å². The van der Waals surface area contributed by atoms with Crippen LogP contribution in [-0.2, 0) is 27.5 Å². The molecule has 1 aromatic rings. The molecule has 2 N–H and O–H groups in total. The molecular weight excluding hydrogens is 271 g/mol. The number of benzene rings is 1. The highest BCUT2D eigenvalue weighted by Gasteiger charge is 2.37. The standard InChI is InChI=1S/C10H12F3NO3S/c1-6-3-4-8(18(14,15)16)7(5-17-2)9(6)10(11,12)13/h3-4H,5H2,1-2H3,(H2,14,15,16). The summed E-state index contributed by atoms with van der Waals surface area (Å²) in [4.78, 5) is -0.567. The van der Waals surface area contributed by atoms with E-state index in [0.717, 1.165) is 12.1 Å². The number of alkyl halides is 3. The quantitative estimate of drug-likeness (QED) is 0.919. The molecular formula is C10H12F3NO3S. The maximum Gasteiger partial charge on any atom is 0.417 e. The highest BCUT2D eigenvalue weighted by atomic mass is 32.2. The molecule has 0 aliphatic carbocycles. The van der Waals surface area contributed by atoms with E-state index in [1.165, 1.54) is 14.0 Å². The lowest BCUT2D eigenvalue weighted by Gasteiger charge is -2.17. The van der Waals surface area contributed by atoms with E-state index in [2.05, 4.69) is 4.74 Å². The fraction of sp³-hybridized carbons (Fsp3) is 0.400. The molecule has 0 atom stereocenters. The number of nitrogens with two attached hydrogens (primary N) is 1. The van der Waals surface area contributed by atoms with E-state index in [1.54, 1.807) is 0 Å². The average Bonchev–Trinajstić information content (AvgIpc) is 2.13. The molecule has 0 aliphatic heterocycles. The first-order valence-corrected chi connectivity index (χ1v) is 6.35. The summed E-state index contributed by atoms with van der Waals surface area (Å²) in [6, 6.07) is 2.12. The SMILES string of the molecule is COCc1c(S(N)(=O)=O)ccc(C)c1C(F)(F)F. The summed E-state index contributed by atoms with van der Waals surface area (Å²) >= 11 is 0. The minimum absolute atomic E-state index is 0.0815. The number of ether oxygens (including phenoxy) is 1. The van der Waals surface area contributed by atoms with Crippen molar-refractivity contribution in [3.8, 4) is 0 Å². The van der Waals surface area contributed by atoms with Crippen molar-refractivity contribution in [3.05, 3.63) is 28.8 Å². The predicted molar refractivity (Wildman–Crippen MR) is 58.3 cm³/mol. The van der Waals surface area contributed by atoms with Gasteiger partial charge in [0.1, 0.15) is 0 Å². The number of aryl methyl sites for hydroxylation is 1. The molecule has 1 aromatic carbocycles. The fourth-order valence-corrected chi connectivity index (χ4v) is 2.46. The zero-order chi connectivity index (χ0) is 14.1. The molecule has 4 nitrogen and oxygen atoms in total. The van der Waals surface area contributed by atoms with Gasteiger partial charge in [0, 0.05) is 12.7 Å². The lowest BCUT2D eigenvalue weighted by Crippen LogP contribution is -2.20. The van der Waals surface area contributed by atoms with Crippen molar-refractivity contribution < 1.29 is 26.3 Å². The smallest absolute Gasteiger partial charge is 0.380 e. The molecule has 0 aliphatic rings. The molecule has 0 heterocycles. The summed E-state index contributed by atoms with van der Waals surface area (Å²) in [7, 11) is -3.06. The Morgan fingerprint density at radius 3 is 2.28 bits per heavy atom. The number of methoxy groups -OCH3 is 1. The van der Waals surface area contributed by atoms with E-state index < -0.39 is 38.8 Å². The second-order valence-corrected chi connectivity index (χ2v) is 5.24. The first kappa shape index (κ1) is 14.9. The fourth-order valence-electron chi connectivity index (χ4n) is 1.69. The zero-order valence-corrected chi connectivity index (χ0v) is 10.5. The molecule has 0 aromatic heterocycles. The van der Waals surface area contributed by atoms with Gasteiger partial charge in [0.15, 0.2) is 0 Å². The van der Waals surface area contributed by atoms with E-state index in [4.69, 9.17) is 5.14 Å². The highest BCUT2D eigenvalue weighted by molar-refractivity contribution is 7.89. The van der Waals surface area contributed by atoms with Crippen molar-refractivity contribution in [2.24, 2.45) is 5.14 Å². The van der Waals surface area contributed by atoms with Gasteiger partial charge in [-0.15, -0.1) is 0 Å². The number of sulfonamides is 1. The van der Waals surface area contributed by atoms with Gasteiger partial charge in [0.25, 0.3) is 0 Å². The molecule has 18 heavy (non-hydrogen) atoms. The maximum atomic E-state index is 12.9. The predicted octanol–water partition coefficient (Wildman–Crippen LogP) is 1.81. The van der Waals surface area contributed by atoms with Gasteiger partial charge in [0.2, 0.25) is 10.0 Å². The largest absolute Gasteiger partial charge is 0.417 e. The Kier molecular flexibility index (Phi) is 4.04. The molecule has 0 saturated heterocycles. The van der Waals surface area contributed by atoms with Crippen LogP contribution in [-0.4, -0.2) is 15.5 Å². The molecule has 0 saturated carbocycles. The number of hydrogen-bond acceptors (Lipinski definition) is 3. The summed E-state index contributed by atoms with van der Waals surface area (Å²) in [5, 5.41) is 4.90. The van der Waals surface area contributed by atoms with Gasteiger partial charge in [-0.3, -0.25) is 0 Å². The number of primary sulfonamides is 1. The average molecular weight is 283 g/mol. The number of hydrogen-bond donors (Lipinski definition) is 1. The monoisotopic (exact) mass is 283 g/mol. The summed E-state index contributed by atoms with van der Waals surface area (Å²) < 4.78 is 65.9. The van der Waals surface area contributed by atoms with E-state index in [-0.39, 0.29) is 5.56 Å². The molecule has 0 unspecified atom stereocenters. The normalized spacial score (nSPS) is 12.8. The summed E-state index contributed by atoms with van der Waals surface area (Å²) in [5.74, 6) is 0. The van der Waals surface area contributed by atoms with Crippen LogP contribution in [0, 0.1) is 6.92 Å². The number of rotatable bonds is 3. The van der Waals surface area contributed by atoms with Crippen LogP contribution in [0.2, 0.25) is 0 Å². The van der Waals surface area contributed by atoms with Crippen molar-refractivity contribution in [1.82, 2.24) is 0 Å². The number of halogens is 3. The second kappa shape index (κ2) is 4.87. The molecule has 1 rings (SSSR count). The van der Waals surface area contributed by atoms with Crippen molar-refractivity contribution in [2.45, 2.75) is 24.6 Å². The third kappa shape index (κ3) is 3.01. The van der Waals surface area contributed by atoms with Crippen LogP contribution in [0.5, 0.6) is 0 Å². The van der Waals surface area contributed by atoms with Crippen LogP contribution in [0.3, 0.4) is 0 Å². The zero-order valence-electron chi connectivity index (χ0n) is 9.71. The van der Waals surface area contributed by atoms with Crippen molar-refractivity contribution in [3.63, 3.8) is 0 Å². The van der Waals surface area contributed by atoms with Crippen LogP contribution in [0.1, 0.15) is 16.7 Å². The summed E-state index contributed by atoms with van der Waals surface area (Å²) in [5.41, 5.74) is -1.56. The maximum absolute atomic E-state index is 12.9. The van der Waals surface area contributed by atoms with Gasteiger partial charge in [-0.25, -0.2) is 13.6 Å². The topological polar surface area (TPSA) is 69.4 Å². The molecule has 102 valence electrons. The minimum atomic E-state index is -4.67. The Hall–Kier alpha value is -1.12. The van der Waals surface area contributed by atoms with Crippen LogP contribution < -0.4 is 5.14 Å². The van der Waals surface area contributed by atoms with Gasteiger partial charge in [-0.2, -0.15) is 13.2 Å². The lowest BCUT2D eigenvalue weighted by atomic mass is 10.0. The molecule has 0 bridgehead atoms.